The number of nitrogens with zero attached hydrogens (tertiary/aromatic N) is 1. The number of nitrogens with one attached hydrogen (secondary N) is 1. The number of hydrogen-bond donors (Lipinski definition) is 6. The maximum absolute atomic E-state index is 12.6. The topological polar surface area (TPSA) is 231 Å². The highest BCUT2D eigenvalue weighted by Gasteiger charge is 2.26. The van der Waals surface area contributed by atoms with Crippen molar-refractivity contribution in [1.29, 1.82) is 0 Å². The fourth-order valence-electron chi connectivity index (χ4n) is 4.26. The second-order valence-corrected chi connectivity index (χ2v) is 11.4. The molecule has 0 fully saturated rings. The molecule has 0 atom stereocenters. The van der Waals surface area contributed by atoms with Crippen LogP contribution in [0.4, 0.5) is 10.5 Å². The molecular weight excluding hydrogens is 584 g/mol. The lowest BCUT2D eigenvalue weighted by atomic mass is 9.93. The summed E-state index contributed by atoms with van der Waals surface area (Å²) in [6, 6.07) is 9.33. The normalized spacial score (nSPS) is 12.5. The van der Waals surface area contributed by atoms with E-state index >= 15 is 0 Å². The number of anilines is 1. The fourth-order valence-corrected chi connectivity index (χ4v) is 6.29. The summed E-state index contributed by atoms with van der Waals surface area (Å²) in [5, 5.41) is 34.2. The van der Waals surface area contributed by atoms with Gasteiger partial charge in [0.2, 0.25) is 11.8 Å². The molecule has 1 heterocycles. The van der Waals surface area contributed by atoms with Crippen LogP contribution in [0, 0.1) is 0 Å². The molecule has 0 bridgehead atoms. The number of carbonyl (C=O) groups excluding carboxylic acids is 1. The summed E-state index contributed by atoms with van der Waals surface area (Å²) in [5.41, 5.74) is -0.234. The van der Waals surface area contributed by atoms with Gasteiger partial charge in [0, 0.05) is 44.0 Å². The highest BCUT2D eigenvalue weighted by Crippen LogP contribution is 2.45. The van der Waals surface area contributed by atoms with Gasteiger partial charge < -0.3 is 15.1 Å². The van der Waals surface area contributed by atoms with Crippen LogP contribution in [0.5, 0.6) is 11.8 Å². The van der Waals surface area contributed by atoms with Gasteiger partial charge in [-0.2, -0.15) is 16.8 Å². The third-order valence-electron chi connectivity index (χ3n) is 5.70. The molecule has 5 rings (SSSR count). The zero-order valence-corrected chi connectivity index (χ0v) is 21.2. The number of aromatic nitrogens is 1. The molecule has 0 spiro atoms. The maximum atomic E-state index is 12.6. The molecule has 0 aliphatic carbocycles. The molecule has 0 radical (unpaired) electrons. The van der Waals surface area contributed by atoms with Gasteiger partial charge in [0.15, 0.2) is 0 Å². The van der Waals surface area contributed by atoms with Gasteiger partial charge in [-0.15, -0.1) is 9.06 Å². The van der Waals surface area contributed by atoms with Crippen molar-refractivity contribution in [2.75, 3.05) is 5.32 Å². The minimum Gasteiger partial charge on any atom is -0.492 e. The van der Waals surface area contributed by atoms with Crippen LogP contribution in [0.1, 0.15) is 0 Å². The van der Waals surface area contributed by atoms with E-state index in [1.165, 1.54) is 24.3 Å². The number of rotatable bonds is 7. The van der Waals surface area contributed by atoms with Gasteiger partial charge in [0.05, 0.1) is 17.7 Å². The molecule has 204 valence electrons. The summed E-state index contributed by atoms with van der Waals surface area (Å²) >= 11 is 0.377. The Bertz CT molecular complexity index is 1980. The lowest BCUT2D eigenvalue weighted by Gasteiger charge is -2.19. The van der Waals surface area contributed by atoms with Crippen molar-refractivity contribution in [3.63, 3.8) is 0 Å². The quantitative estimate of drug-likeness (QED) is 0.0518. The predicted octanol–water partition coefficient (Wildman–Crippen LogP) is 3.38. The van der Waals surface area contributed by atoms with E-state index in [1.54, 1.807) is 0 Å². The summed E-state index contributed by atoms with van der Waals surface area (Å²) in [6.07, 6.45) is -1.29. The maximum Gasteiger partial charge on any atom is 0.436 e. The van der Waals surface area contributed by atoms with E-state index in [-0.39, 0.29) is 42.9 Å². The summed E-state index contributed by atoms with van der Waals surface area (Å²) in [4.78, 5) is 16.2. The van der Waals surface area contributed by atoms with E-state index < -0.39 is 47.9 Å². The van der Waals surface area contributed by atoms with Gasteiger partial charge in [-0.05, 0) is 17.5 Å². The first kappa shape index (κ1) is 26.7. The number of amides is 1. The Morgan fingerprint density at radius 1 is 0.795 bits per heavy atom. The highest BCUT2D eigenvalue weighted by molar-refractivity contribution is 7.94. The first-order valence-electron chi connectivity index (χ1n) is 10.3. The molecule has 1 aromatic heterocycles. The van der Waals surface area contributed by atoms with Crippen molar-refractivity contribution in [1.82, 2.24) is 4.73 Å². The van der Waals surface area contributed by atoms with Crippen molar-refractivity contribution in [3.8, 4) is 11.8 Å². The highest BCUT2D eigenvalue weighted by atomic mass is 32.2. The van der Waals surface area contributed by atoms with Crippen molar-refractivity contribution in [2.45, 2.75) is 14.7 Å². The number of hydrogen-bond acceptors (Lipinski definition) is 12. The summed E-state index contributed by atoms with van der Waals surface area (Å²) in [7, 11) is -9.80. The van der Waals surface area contributed by atoms with E-state index in [4.69, 9.17) is 10.1 Å². The van der Waals surface area contributed by atoms with Crippen molar-refractivity contribution >= 4 is 76.4 Å². The van der Waals surface area contributed by atoms with E-state index in [9.17, 15) is 40.9 Å². The second-order valence-electron chi connectivity index (χ2n) is 7.89. The van der Waals surface area contributed by atoms with Crippen molar-refractivity contribution in [2.24, 2.45) is 0 Å². The third-order valence-corrected chi connectivity index (χ3v) is 8.14. The zero-order valence-electron chi connectivity index (χ0n) is 18.8. The molecule has 6 N–H and O–H groups in total. The van der Waals surface area contributed by atoms with E-state index in [0.717, 1.165) is 24.3 Å². The minimum absolute atomic E-state index is 0.0170. The van der Waals surface area contributed by atoms with Crippen LogP contribution in [0.2, 0.25) is 0 Å². The molecule has 5 aromatic rings. The Morgan fingerprint density at radius 2 is 1.31 bits per heavy atom. The molecule has 1 amide bonds. The monoisotopic (exact) mass is 598 g/mol. The number of benzene rings is 4. The van der Waals surface area contributed by atoms with Crippen molar-refractivity contribution in [3.05, 3.63) is 48.5 Å². The Morgan fingerprint density at radius 3 is 1.87 bits per heavy atom. The first-order valence-corrected chi connectivity index (χ1v) is 13.9. The molecule has 39 heavy (non-hydrogen) atoms. The third kappa shape index (κ3) is 4.64. The summed E-state index contributed by atoms with van der Waals surface area (Å²) < 4.78 is 73.8. The SMILES string of the molecule is O=C(Nc1cc(S(=O)(=O)O)c2ccc3c(S(=O)(=O)O)cc(SOOO)c4ccc1c2c43)On1c(O)ccc1O. The van der Waals surface area contributed by atoms with Crippen LogP contribution in [0.3, 0.4) is 0 Å². The van der Waals surface area contributed by atoms with Gasteiger partial charge in [-0.25, -0.2) is 10.1 Å². The van der Waals surface area contributed by atoms with Crippen LogP contribution in [0.15, 0.2) is 63.2 Å². The van der Waals surface area contributed by atoms with Gasteiger partial charge in [0.1, 0.15) is 9.79 Å². The Hall–Kier alpha value is -3.88. The van der Waals surface area contributed by atoms with E-state index in [2.05, 4.69) is 14.7 Å². The Labute approximate surface area is 221 Å². The smallest absolute Gasteiger partial charge is 0.436 e. The van der Waals surface area contributed by atoms with E-state index in [1.807, 2.05) is 0 Å². The minimum atomic E-state index is -4.94. The molecule has 0 saturated carbocycles. The molecule has 0 aliphatic rings. The van der Waals surface area contributed by atoms with Crippen LogP contribution in [0.25, 0.3) is 32.3 Å². The fraction of sp³-hybridized carbons (Fsp3) is 0. The number of aromatic hydroxyl groups is 2. The van der Waals surface area contributed by atoms with Crippen LogP contribution in [-0.2, 0) is 29.6 Å². The van der Waals surface area contributed by atoms with Crippen LogP contribution >= 0.6 is 12.0 Å². The average Bonchev–Trinajstić information content (AvgIpc) is 3.17. The van der Waals surface area contributed by atoms with Crippen LogP contribution < -0.4 is 10.2 Å². The lowest BCUT2D eigenvalue weighted by Crippen LogP contribution is -2.24. The standard InChI is InChI=1S/C21H14N2O13S3/c24-17-5-6-18(25)23(17)34-21(26)22-13-7-15(38(28,29)30)11-3-4-12-16(39(31,32)33)8-14(37-36-35-27)10-2-1-9(13)19(11)20(10)12/h1-8,24-25,27H,(H,22,26)(H,28,29,30)(H,31,32,33). The summed E-state index contributed by atoms with van der Waals surface area (Å²) in [5.74, 6) is -1.26. The molecule has 0 aliphatic heterocycles. The number of carbonyl (C=O) groups is 1. The van der Waals surface area contributed by atoms with Gasteiger partial charge in [-0.3, -0.25) is 14.4 Å². The Kier molecular flexibility index (Phi) is 6.44. The van der Waals surface area contributed by atoms with Crippen molar-refractivity contribution < 1.29 is 60.4 Å². The summed E-state index contributed by atoms with van der Waals surface area (Å²) in [6.45, 7) is 0. The van der Waals surface area contributed by atoms with Gasteiger partial charge in [-0.1, -0.05) is 29.3 Å². The van der Waals surface area contributed by atoms with Crippen LogP contribution in [-0.4, -0.2) is 52.2 Å². The second kappa shape index (κ2) is 9.39. The Balaban J connectivity index is 1.83. The zero-order chi connectivity index (χ0) is 28.3. The predicted molar refractivity (Wildman–Crippen MR) is 134 cm³/mol. The van der Waals surface area contributed by atoms with E-state index in [0.29, 0.717) is 16.8 Å². The molecule has 15 nitrogen and oxygen atoms in total. The molecule has 0 unspecified atom stereocenters. The van der Waals surface area contributed by atoms with Gasteiger partial charge >= 0.3 is 6.09 Å². The first-order chi connectivity index (χ1) is 18.3. The largest absolute Gasteiger partial charge is 0.492 e. The average molecular weight is 599 g/mol. The molecule has 4 aromatic carbocycles. The molecule has 18 heteroatoms. The molecule has 0 saturated heterocycles. The lowest BCUT2D eigenvalue weighted by molar-refractivity contribution is -0.432. The van der Waals surface area contributed by atoms with Gasteiger partial charge in [0.25, 0.3) is 20.2 Å². The molecular formula is C21H14N2O13S3.